The molecule has 0 amide bonds. The van der Waals surface area contributed by atoms with E-state index >= 15 is 0 Å². The van der Waals surface area contributed by atoms with E-state index in [9.17, 15) is 18.3 Å². The summed E-state index contributed by atoms with van der Waals surface area (Å²) in [6.45, 7) is 3.19. The average Bonchev–Trinajstić information content (AvgIpc) is 2.69. The second-order valence-electron chi connectivity index (χ2n) is 3.80. The Morgan fingerprint density at radius 2 is 2.17 bits per heavy atom. The summed E-state index contributed by atoms with van der Waals surface area (Å²) in [5.41, 5.74) is 0.406. The number of thiophene rings is 1. The number of carboxylic acids is 1. The van der Waals surface area contributed by atoms with Gasteiger partial charge in [-0.15, -0.1) is 11.3 Å². The molecule has 1 aromatic rings. The van der Waals surface area contributed by atoms with Crippen molar-refractivity contribution in [2.45, 2.75) is 30.6 Å². The molecule has 0 fully saturated rings. The molecule has 1 atom stereocenters. The number of carbonyl (C=O) groups is 1. The summed E-state index contributed by atoms with van der Waals surface area (Å²) in [6, 6.07) is 1.31. The van der Waals surface area contributed by atoms with Gasteiger partial charge < -0.3 is 10.2 Å². The van der Waals surface area contributed by atoms with Crippen molar-refractivity contribution < 1.29 is 23.4 Å². The van der Waals surface area contributed by atoms with Crippen molar-refractivity contribution in [1.29, 1.82) is 0 Å². The van der Waals surface area contributed by atoms with E-state index in [1.165, 1.54) is 6.07 Å². The SMILES string of the molecule is CCC(O)CNS(=O)(=O)c1cc(C)c(C(=O)O)s1. The second kappa shape index (κ2) is 5.79. The smallest absolute Gasteiger partial charge is 0.346 e. The molecule has 1 rings (SSSR count). The van der Waals surface area contributed by atoms with E-state index in [2.05, 4.69) is 4.72 Å². The topological polar surface area (TPSA) is 104 Å². The molecule has 0 bridgehead atoms. The number of hydrogen-bond acceptors (Lipinski definition) is 5. The fraction of sp³-hybridized carbons (Fsp3) is 0.500. The summed E-state index contributed by atoms with van der Waals surface area (Å²) in [6.07, 6.45) is -0.313. The van der Waals surface area contributed by atoms with Crippen molar-refractivity contribution in [3.63, 3.8) is 0 Å². The van der Waals surface area contributed by atoms with Crippen LogP contribution in [-0.4, -0.2) is 37.2 Å². The Hall–Kier alpha value is -0.960. The molecular formula is C10H15NO5S2. The van der Waals surface area contributed by atoms with Crippen LogP contribution >= 0.6 is 11.3 Å². The Morgan fingerprint density at radius 1 is 1.56 bits per heavy atom. The lowest BCUT2D eigenvalue weighted by atomic mass is 10.3. The van der Waals surface area contributed by atoms with Gasteiger partial charge in [0.25, 0.3) is 0 Å². The quantitative estimate of drug-likeness (QED) is 0.720. The molecule has 1 unspecified atom stereocenters. The number of nitrogens with one attached hydrogen (secondary N) is 1. The summed E-state index contributed by atoms with van der Waals surface area (Å²) < 4.78 is 25.9. The molecule has 102 valence electrons. The Bertz CT molecular complexity index is 534. The zero-order valence-corrected chi connectivity index (χ0v) is 11.6. The normalized spacial score (nSPS) is 13.5. The van der Waals surface area contributed by atoms with Crippen LogP contribution in [-0.2, 0) is 10.0 Å². The van der Waals surface area contributed by atoms with Gasteiger partial charge in [0, 0.05) is 6.54 Å². The molecule has 3 N–H and O–H groups in total. The summed E-state index contributed by atoms with van der Waals surface area (Å²) in [5.74, 6) is -1.15. The van der Waals surface area contributed by atoms with Gasteiger partial charge in [-0.05, 0) is 25.0 Å². The van der Waals surface area contributed by atoms with Gasteiger partial charge in [0.2, 0.25) is 10.0 Å². The average molecular weight is 293 g/mol. The van der Waals surface area contributed by atoms with E-state index in [0.717, 1.165) is 0 Å². The van der Waals surface area contributed by atoms with Gasteiger partial charge >= 0.3 is 5.97 Å². The van der Waals surface area contributed by atoms with Crippen molar-refractivity contribution >= 4 is 27.3 Å². The standard InChI is InChI=1S/C10H15NO5S2/c1-3-7(12)5-11-18(15,16)8-4-6(2)9(17-8)10(13)14/h4,7,11-12H,3,5H2,1-2H3,(H,13,14). The number of hydrogen-bond donors (Lipinski definition) is 3. The minimum atomic E-state index is -3.76. The molecule has 1 aromatic heterocycles. The molecule has 0 aliphatic rings. The van der Waals surface area contributed by atoms with Gasteiger partial charge in [0.1, 0.15) is 9.09 Å². The van der Waals surface area contributed by atoms with E-state index in [0.29, 0.717) is 23.3 Å². The van der Waals surface area contributed by atoms with Crippen LogP contribution in [0.2, 0.25) is 0 Å². The van der Waals surface area contributed by atoms with Crippen LogP contribution in [0.4, 0.5) is 0 Å². The van der Waals surface area contributed by atoms with Gasteiger partial charge in [-0.2, -0.15) is 0 Å². The molecule has 0 saturated carbocycles. The van der Waals surface area contributed by atoms with E-state index in [4.69, 9.17) is 5.11 Å². The Kier molecular flexibility index (Phi) is 4.85. The Labute approximate surface area is 109 Å². The lowest BCUT2D eigenvalue weighted by molar-refractivity contribution is 0.0701. The van der Waals surface area contributed by atoms with E-state index < -0.39 is 22.1 Å². The van der Waals surface area contributed by atoms with E-state index in [-0.39, 0.29) is 15.6 Å². The zero-order valence-electron chi connectivity index (χ0n) is 10.0. The number of rotatable bonds is 6. The predicted molar refractivity (Wildman–Crippen MR) is 67.5 cm³/mol. The first-order valence-corrected chi connectivity index (χ1v) is 7.59. The van der Waals surface area contributed by atoms with Crippen molar-refractivity contribution in [2.24, 2.45) is 0 Å². The van der Waals surface area contributed by atoms with Gasteiger partial charge in [-0.3, -0.25) is 0 Å². The maximum Gasteiger partial charge on any atom is 0.346 e. The highest BCUT2D eigenvalue weighted by Crippen LogP contribution is 2.25. The maximum atomic E-state index is 11.8. The van der Waals surface area contributed by atoms with Crippen LogP contribution in [0.3, 0.4) is 0 Å². The molecular weight excluding hydrogens is 278 g/mol. The molecule has 1 heterocycles. The fourth-order valence-electron chi connectivity index (χ4n) is 1.22. The summed E-state index contributed by atoms with van der Waals surface area (Å²) in [7, 11) is -3.76. The summed E-state index contributed by atoms with van der Waals surface area (Å²) >= 11 is 0.702. The molecule has 0 aromatic carbocycles. The second-order valence-corrected chi connectivity index (χ2v) is 6.84. The van der Waals surface area contributed by atoms with Crippen LogP contribution in [0.5, 0.6) is 0 Å². The highest BCUT2D eigenvalue weighted by atomic mass is 32.2. The molecule has 0 spiro atoms. The Morgan fingerprint density at radius 3 is 2.61 bits per heavy atom. The molecule has 0 radical (unpaired) electrons. The van der Waals surface area contributed by atoms with Crippen LogP contribution in [0.25, 0.3) is 0 Å². The third-order valence-corrected chi connectivity index (χ3v) is 5.46. The minimum Gasteiger partial charge on any atom is -0.477 e. The van der Waals surface area contributed by atoms with Gasteiger partial charge in [-0.1, -0.05) is 6.92 Å². The third kappa shape index (κ3) is 3.52. The fourth-order valence-corrected chi connectivity index (χ4v) is 3.71. The number of carboxylic acid groups (broad SMARTS) is 1. The van der Waals surface area contributed by atoms with Crippen molar-refractivity contribution in [3.8, 4) is 0 Å². The van der Waals surface area contributed by atoms with Crippen LogP contribution in [0.1, 0.15) is 28.6 Å². The predicted octanol–water partition coefficient (Wildman–Crippen LogP) is 0.804. The lowest BCUT2D eigenvalue weighted by Crippen LogP contribution is -2.31. The number of aromatic carboxylic acids is 1. The highest BCUT2D eigenvalue weighted by molar-refractivity contribution is 7.91. The maximum absolute atomic E-state index is 11.8. The van der Waals surface area contributed by atoms with Crippen molar-refractivity contribution in [3.05, 3.63) is 16.5 Å². The number of aryl methyl sites for hydroxylation is 1. The first-order chi connectivity index (χ1) is 8.27. The molecule has 0 aliphatic carbocycles. The van der Waals surface area contributed by atoms with Gasteiger partial charge in [0.15, 0.2) is 0 Å². The largest absolute Gasteiger partial charge is 0.477 e. The van der Waals surface area contributed by atoms with Gasteiger partial charge in [-0.25, -0.2) is 17.9 Å². The van der Waals surface area contributed by atoms with E-state index in [1.54, 1.807) is 13.8 Å². The minimum absolute atomic E-state index is 0.00594. The van der Waals surface area contributed by atoms with E-state index in [1.807, 2.05) is 0 Å². The van der Waals surface area contributed by atoms with Crippen LogP contribution < -0.4 is 4.72 Å². The molecule has 0 saturated heterocycles. The molecule has 0 aliphatic heterocycles. The summed E-state index contributed by atoms with van der Waals surface area (Å²) in [5, 5.41) is 18.2. The first-order valence-electron chi connectivity index (χ1n) is 5.29. The van der Waals surface area contributed by atoms with Crippen LogP contribution in [0.15, 0.2) is 10.3 Å². The molecule has 18 heavy (non-hydrogen) atoms. The number of sulfonamides is 1. The van der Waals surface area contributed by atoms with Crippen LogP contribution in [0, 0.1) is 6.92 Å². The monoisotopic (exact) mass is 293 g/mol. The first kappa shape index (κ1) is 15.1. The number of aliphatic hydroxyl groups excluding tert-OH is 1. The van der Waals surface area contributed by atoms with Crippen molar-refractivity contribution in [2.75, 3.05) is 6.54 Å². The number of aliphatic hydroxyl groups is 1. The third-order valence-electron chi connectivity index (χ3n) is 2.33. The van der Waals surface area contributed by atoms with Gasteiger partial charge in [0.05, 0.1) is 6.10 Å². The molecule has 6 nitrogen and oxygen atoms in total. The lowest BCUT2D eigenvalue weighted by Gasteiger charge is -2.08. The highest BCUT2D eigenvalue weighted by Gasteiger charge is 2.21. The summed E-state index contributed by atoms with van der Waals surface area (Å²) in [4.78, 5) is 10.8. The zero-order chi connectivity index (χ0) is 13.9. The van der Waals surface area contributed by atoms with Crippen molar-refractivity contribution in [1.82, 2.24) is 4.72 Å². The Balaban J connectivity index is 2.92. The molecule has 8 heteroatoms.